The van der Waals surface area contributed by atoms with Gasteiger partial charge in [0, 0.05) is 20.1 Å². The van der Waals surface area contributed by atoms with Crippen LogP contribution in [0.25, 0.3) is 0 Å². The second-order valence-electron chi connectivity index (χ2n) is 7.11. The largest absolute Gasteiger partial charge is 0.477 e. The summed E-state index contributed by atoms with van der Waals surface area (Å²) in [5.74, 6) is -0.698. The standard InChI is InChI=1S/C17H26N4O5/c1-6-25-13-12(14(22)23)9-18-15(19-13)21-8-7-11(10-21)20(5)16(24)26-17(2,3)4/h9,11H,6-8,10H2,1-5H3,(H,22,23)/t11-/m1/s1. The molecule has 1 saturated heterocycles. The van der Waals surface area contributed by atoms with Crippen LogP contribution in [-0.2, 0) is 4.74 Å². The highest BCUT2D eigenvalue weighted by Gasteiger charge is 2.32. The lowest BCUT2D eigenvalue weighted by Crippen LogP contribution is -2.42. The first kappa shape index (κ1) is 19.7. The highest BCUT2D eigenvalue weighted by Crippen LogP contribution is 2.24. The van der Waals surface area contributed by atoms with E-state index in [1.807, 2.05) is 25.7 Å². The average Bonchev–Trinajstić information content (AvgIpc) is 3.02. The molecule has 2 heterocycles. The third kappa shape index (κ3) is 4.74. The number of anilines is 1. The van der Waals surface area contributed by atoms with Crippen LogP contribution >= 0.6 is 0 Å². The number of carboxylic acids is 1. The van der Waals surface area contributed by atoms with Crippen molar-refractivity contribution < 1.29 is 24.2 Å². The Morgan fingerprint density at radius 3 is 2.69 bits per heavy atom. The summed E-state index contributed by atoms with van der Waals surface area (Å²) < 4.78 is 10.7. The van der Waals surface area contributed by atoms with Crippen LogP contribution in [0.1, 0.15) is 44.5 Å². The van der Waals surface area contributed by atoms with Gasteiger partial charge in [-0.05, 0) is 34.1 Å². The van der Waals surface area contributed by atoms with Crippen LogP contribution in [0.5, 0.6) is 5.88 Å². The Kier molecular flexibility index (Phi) is 5.89. The van der Waals surface area contributed by atoms with E-state index in [0.29, 0.717) is 25.6 Å². The summed E-state index contributed by atoms with van der Waals surface area (Å²) in [5.41, 5.74) is -0.622. The lowest BCUT2D eigenvalue weighted by atomic mass is 10.2. The maximum Gasteiger partial charge on any atom is 0.410 e. The first-order valence-corrected chi connectivity index (χ1v) is 8.56. The second-order valence-corrected chi connectivity index (χ2v) is 7.11. The van der Waals surface area contributed by atoms with Gasteiger partial charge in [0.25, 0.3) is 0 Å². The van der Waals surface area contributed by atoms with Gasteiger partial charge in [-0.1, -0.05) is 0 Å². The summed E-state index contributed by atoms with van der Waals surface area (Å²) in [6, 6.07) is -0.0388. The molecule has 2 rings (SSSR count). The Balaban J connectivity index is 2.09. The summed E-state index contributed by atoms with van der Waals surface area (Å²) in [6.45, 7) is 8.73. The molecule has 9 nitrogen and oxygen atoms in total. The molecule has 0 aromatic carbocycles. The van der Waals surface area contributed by atoms with Crippen molar-refractivity contribution in [3.8, 4) is 5.88 Å². The van der Waals surface area contributed by atoms with Gasteiger partial charge in [-0.2, -0.15) is 4.98 Å². The Morgan fingerprint density at radius 2 is 2.12 bits per heavy atom. The molecule has 1 aliphatic heterocycles. The fraction of sp³-hybridized carbons (Fsp3) is 0.647. The molecule has 26 heavy (non-hydrogen) atoms. The van der Waals surface area contributed by atoms with Crippen LogP contribution in [0.2, 0.25) is 0 Å². The zero-order valence-corrected chi connectivity index (χ0v) is 15.9. The van der Waals surface area contributed by atoms with Crippen LogP contribution < -0.4 is 9.64 Å². The molecule has 1 aliphatic rings. The molecule has 1 atom stereocenters. The van der Waals surface area contributed by atoms with E-state index in [0.717, 1.165) is 6.42 Å². The number of likely N-dealkylation sites (N-methyl/N-ethyl adjacent to an activating group) is 1. The SMILES string of the molecule is CCOc1nc(N2CC[C@@H](N(C)C(=O)OC(C)(C)C)C2)ncc1C(=O)O. The smallest absolute Gasteiger partial charge is 0.410 e. The van der Waals surface area contributed by atoms with Crippen molar-refractivity contribution in [2.45, 2.75) is 45.8 Å². The zero-order valence-electron chi connectivity index (χ0n) is 15.9. The number of ether oxygens (including phenoxy) is 2. The molecule has 1 N–H and O–H groups in total. The zero-order chi connectivity index (χ0) is 19.5. The number of amides is 1. The normalized spacial score (nSPS) is 17.1. The number of carbonyl (C=O) groups excluding carboxylic acids is 1. The van der Waals surface area contributed by atoms with Crippen LogP contribution in [0, 0.1) is 0 Å². The van der Waals surface area contributed by atoms with Gasteiger partial charge in [-0.15, -0.1) is 0 Å². The van der Waals surface area contributed by atoms with E-state index in [2.05, 4.69) is 9.97 Å². The lowest BCUT2D eigenvalue weighted by molar-refractivity contribution is 0.0237. The molecule has 0 radical (unpaired) electrons. The fourth-order valence-corrected chi connectivity index (χ4v) is 2.63. The van der Waals surface area contributed by atoms with Crippen LogP contribution in [0.4, 0.5) is 10.7 Å². The monoisotopic (exact) mass is 366 g/mol. The number of nitrogens with zero attached hydrogens (tertiary/aromatic N) is 4. The molecule has 1 fully saturated rings. The van der Waals surface area contributed by atoms with Crippen molar-refractivity contribution >= 4 is 18.0 Å². The molecule has 9 heteroatoms. The Bertz CT molecular complexity index is 674. The van der Waals surface area contributed by atoms with Gasteiger partial charge < -0.3 is 24.4 Å². The van der Waals surface area contributed by atoms with E-state index in [1.54, 1.807) is 18.9 Å². The molecule has 0 aliphatic carbocycles. The average molecular weight is 366 g/mol. The minimum absolute atomic E-state index is 0.0388. The van der Waals surface area contributed by atoms with Gasteiger partial charge in [0.1, 0.15) is 11.2 Å². The van der Waals surface area contributed by atoms with Crippen molar-refractivity contribution in [2.24, 2.45) is 0 Å². The molecule has 0 spiro atoms. The molecular formula is C17H26N4O5. The summed E-state index contributed by atoms with van der Waals surface area (Å²) in [7, 11) is 1.71. The molecule has 144 valence electrons. The number of carbonyl (C=O) groups is 2. The third-order valence-corrected chi connectivity index (χ3v) is 3.93. The van der Waals surface area contributed by atoms with Crippen LogP contribution in [0.15, 0.2) is 6.20 Å². The summed E-state index contributed by atoms with van der Waals surface area (Å²) in [6.07, 6.45) is 1.62. The van der Waals surface area contributed by atoms with Crippen LogP contribution in [0.3, 0.4) is 0 Å². The highest BCUT2D eigenvalue weighted by molar-refractivity contribution is 5.89. The van der Waals surface area contributed by atoms with Crippen molar-refractivity contribution in [2.75, 3.05) is 31.6 Å². The van der Waals surface area contributed by atoms with Crippen molar-refractivity contribution in [1.29, 1.82) is 0 Å². The van der Waals surface area contributed by atoms with Gasteiger partial charge in [0.05, 0.1) is 18.8 Å². The van der Waals surface area contributed by atoms with Gasteiger partial charge in [-0.3, -0.25) is 0 Å². The number of aromatic carboxylic acids is 1. The topological polar surface area (TPSA) is 105 Å². The van der Waals surface area contributed by atoms with E-state index >= 15 is 0 Å². The first-order chi connectivity index (χ1) is 12.1. The predicted octanol–water partition coefficient (Wildman–Crippen LogP) is 2.02. The molecule has 1 aromatic rings. The first-order valence-electron chi connectivity index (χ1n) is 8.56. The highest BCUT2D eigenvalue weighted by atomic mass is 16.6. The number of carboxylic acid groups (broad SMARTS) is 1. The van der Waals surface area contributed by atoms with Crippen molar-refractivity contribution in [3.05, 3.63) is 11.8 Å². The summed E-state index contributed by atoms with van der Waals surface area (Å²) >= 11 is 0. The quantitative estimate of drug-likeness (QED) is 0.844. The van der Waals surface area contributed by atoms with Crippen molar-refractivity contribution in [1.82, 2.24) is 14.9 Å². The molecule has 1 amide bonds. The van der Waals surface area contributed by atoms with Crippen molar-refractivity contribution in [3.63, 3.8) is 0 Å². The van der Waals surface area contributed by atoms with E-state index in [-0.39, 0.29) is 23.6 Å². The molecule has 0 unspecified atom stereocenters. The maximum atomic E-state index is 12.2. The third-order valence-electron chi connectivity index (χ3n) is 3.93. The summed E-state index contributed by atoms with van der Waals surface area (Å²) in [5, 5.41) is 9.19. The van der Waals surface area contributed by atoms with Gasteiger partial charge >= 0.3 is 12.1 Å². The second kappa shape index (κ2) is 7.76. The minimum Gasteiger partial charge on any atom is -0.477 e. The Hall–Kier alpha value is -2.58. The molecule has 0 saturated carbocycles. The predicted molar refractivity (Wildman–Crippen MR) is 94.8 cm³/mol. The van der Waals surface area contributed by atoms with Gasteiger partial charge in [0.2, 0.25) is 11.8 Å². The van der Waals surface area contributed by atoms with Gasteiger partial charge in [-0.25, -0.2) is 14.6 Å². The molecule has 0 bridgehead atoms. The van der Waals surface area contributed by atoms with E-state index in [9.17, 15) is 14.7 Å². The Labute approximate surface area is 152 Å². The van der Waals surface area contributed by atoms with E-state index in [4.69, 9.17) is 9.47 Å². The maximum absolute atomic E-state index is 12.2. The fourth-order valence-electron chi connectivity index (χ4n) is 2.63. The van der Waals surface area contributed by atoms with E-state index < -0.39 is 11.6 Å². The number of hydrogen-bond donors (Lipinski definition) is 1. The number of hydrogen-bond acceptors (Lipinski definition) is 7. The lowest BCUT2D eigenvalue weighted by Gasteiger charge is -2.28. The summed E-state index contributed by atoms with van der Waals surface area (Å²) in [4.78, 5) is 35.3. The number of aromatic nitrogens is 2. The number of rotatable bonds is 5. The minimum atomic E-state index is -1.14. The molecular weight excluding hydrogens is 340 g/mol. The molecule has 1 aromatic heterocycles. The Morgan fingerprint density at radius 1 is 1.42 bits per heavy atom. The van der Waals surface area contributed by atoms with Gasteiger partial charge in [0.15, 0.2) is 0 Å². The van der Waals surface area contributed by atoms with E-state index in [1.165, 1.54) is 6.20 Å². The van der Waals surface area contributed by atoms with Crippen LogP contribution in [-0.4, -0.2) is 70.4 Å².